The maximum absolute atomic E-state index is 4.99. The second-order valence-electron chi connectivity index (χ2n) is 2.73. The molecule has 5 nitrogen and oxygen atoms in total. The minimum Gasteiger partial charge on any atom is -0.384 e. The number of fused-ring (bicyclic) bond motifs is 1. The van der Waals surface area contributed by atoms with Gasteiger partial charge in [0.15, 0.2) is 5.82 Å². The molecule has 0 amide bonds. The zero-order valence-corrected chi connectivity index (χ0v) is 8.30. The van der Waals surface area contributed by atoms with Crippen LogP contribution in [0.2, 0.25) is 0 Å². The second-order valence-corrected chi connectivity index (χ2v) is 3.80. The van der Waals surface area contributed by atoms with Gasteiger partial charge in [0.05, 0.1) is 6.61 Å². The fraction of sp³-hybridized carbons (Fsp3) is 0.714. The summed E-state index contributed by atoms with van der Waals surface area (Å²) in [7, 11) is 1.69. The molecule has 1 aliphatic heterocycles. The maximum Gasteiger partial charge on any atom is 0.210 e. The molecular formula is C7H12N4OS. The SMILES string of the molecule is COCCc1nnc2n1NCCS2. The zero-order chi connectivity index (χ0) is 9.10. The Morgan fingerprint density at radius 3 is 3.38 bits per heavy atom. The van der Waals surface area contributed by atoms with Gasteiger partial charge in [0.2, 0.25) is 5.16 Å². The summed E-state index contributed by atoms with van der Waals surface area (Å²) in [6, 6.07) is 0. The Morgan fingerprint density at radius 1 is 1.62 bits per heavy atom. The summed E-state index contributed by atoms with van der Waals surface area (Å²) in [6.07, 6.45) is 0.803. The van der Waals surface area contributed by atoms with Crippen molar-refractivity contribution >= 4 is 11.8 Å². The Balaban J connectivity index is 2.12. The zero-order valence-electron chi connectivity index (χ0n) is 7.49. The van der Waals surface area contributed by atoms with Gasteiger partial charge in [-0.05, 0) is 0 Å². The number of methoxy groups -OCH3 is 1. The molecule has 72 valence electrons. The first-order valence-corrected chi connectivity index (χ1v) is 5.20. The quantitative estimate of drug-likeness (QED) is 0.751. The van der Waals surface area contributed by atoms with Crippen LogP contribution in [0.4, 0.5) is 0 Å². The van der Waals surface area contributed by atoms with E-state index in [1.54, 1.807) is 18.9 Å². The van der Waals surface area contributed by atoms with Crippen LogP contribution in [-0.2, 0) is 11.2 Å². The molecule has 0 bridgehead atoms. The number of hydrogen-bond acceptors (Lipinski definition) is 5. The molecule has 1 aromatic heterocycles. The summed E-state index contributed by atoms with van der Waals surface area (Å²) in [5.41, 5.74) is 3.24. The third-order valence-electron chi connectivity index (χ3n) is 1.83. The molecule has 0 aromatic carbocycles. The van der Waals surface area contributed by atoms with Gasteiger partial charge in [-0.2, -0.15) is 0 Å². The van der Waals surface area contributed by atoms with E-state index in [4.69, 9.17) is 4.74 Å². The van der Waals surface area contributed by atoms with E-state index in [9.17, 15) is 0 Å². The Kier molecular flexibility index (Phi) is 2.70. The molecule has 1 N–H and O–H groups in total. The predicted octanol–water partition coefficient (Wildman–Crippen LogP) is 0.116. The number of nitrogens with one attached hydrogen (secondary N) is 1. The van der Waals surface area contributed by atoms with Gasteiger partial charge in [-0.3, -0.25) is 0 Å². The molecule has 6 heteroatoms. The molecule has 0 unspecified atom stereocenters. The highest BCUT2D eigenvalue weighted by molar-refractivity contribution is 7.99. The molecule has 1 aliphatic rings. The molecular weight excluding hydrogens is 188 g/mol. The Labute approximate surface area is 80.8 Å². The van der Waals surface area contributed by atoms with Crippen molar-refractivity contribution in [3.05, 3.63) is 5.82 Å². The fourth-order valence-electron chi connectivity index (χ4n) is 1.21. The van der Waals surface area contributed by atoms with Gasteiger partial charge in [-0.15, -0.1) is 10.2 Å². The van der Waals surface area contributed by atoms with Crippen molar-refractivity contribution in [3.8, 4) is 0 Å². The highest BCUT2D eigenvalue weighted by Gasteiger charge is 2.15. The van der Waals surface area contributed by atoms with Gasteiger partial charge in [-0.25, -0.2) is 4.68 Å². The third kappa shape index (κ3) is 1.78. The number of ether oxygens (including phenoxy) is 1. The summed E-state index contributed by atoms with van der Waals surface area (Å²) in [4.78, 5) is 0. The number of hydrogen-bond donors (Lipinski definition) is 1. The van der Waals surface area contributed by atoms with Gasteiger partial charge >= 0.3 is 0 Å². The molecule has 0 atom stereocenters. The number of nitrogens with zero attached hydrogens (tertiary/aromatic N) is 3. The Hall–Kier alpha value is -0.750. The van der Waals surface area contributed by atoms with Crippen LogP contribution in [0, 0.1) is 0 Å². The lowest BCUT2D eigenvalue weighted by Gasteiger charge is -2.16. The molecule has 0 saturated carbocycles. The van der Waals surface area contributed by atoms with E-state index in [0.29, 0.717) is 6.61 Å². The summed E-state index contributed by atoms with van der Waals surface area (Å²) < 4.78 is 6.94. The number of thioether (sulfide) groups is 1. The van der Waals surface area contributed by atoms with Crippen LogP contribution >= 0.6 is 11.8 Å². The first kappa shape index (κ1) is 8.83. The van der Waals surface area contributed by atoms with Gasteiger partial charge in [-0.1, -0.05) is 11.8 Å². The maximum atomic E-state index is 4.99. The van der Waals surface area contributed by atoms with Crippen molar-refractivity contribution in [1.82, 2.24) is 14.9 Å². The number of rotatable bonds is 3. The Bertz CT molecular complexity index is 288. The highest BCUT2D eigenvalue weighted by atomic mass is 32.2. The van der Waals surface area contributed by atoms with Crippen molar-refractivity contribution < 1.29 is 4.74 Å². The summed E-state index contributed by atoms with van der Waals surface area (Å²) >= 11 is 1.73. The first-order chi connectivity index (χ1) is 6.42. The molecule has 0 saturated heterocycles. The van der Waals surface area contributed by atoms with Crippen LogP contribution in [0.1, 0.15) is 5.82 Å². The summed E-state index contributed by atoms with van der Waals surface area (Å²) in [5.74, 6) is 2.01. The van der Waals surface area contributed by atoms with E-state index in [1.165, 1.54) is 0 Å². The largest absolute Gasteiger partial charge is 0.384 e. The third-order valence-corrected chi connectivity index (χ3v) is 2.76. The monoisotopic (exact) mass is 200 g/mol. The fourth-order valence-corrected chi connectivity index (χ4v) is 1.98. The van der Waals surface area contributed by atoms with E-state index in [2.05, 4.69) is 15.6 Å². The Morgan fingerprint density at radius 2 is 2.54 bits per heavy atom. The van der Waals surface area contributed by atoms with Crippen LogP contribution in [0.5, 0.6) is 0 Å². The minimum atomic E-state index is 0.685. The standard InChI is InChI=1S/C7H12N4OS/c1-12-4-2-6-9-10-7-11(6)8-3-5-13-7/h8H,2-5H2,1H3. The molecule has 0 fully saturated rings. The van der Waals surface area contributed by atoms with Crippen molar-refractivity contribution in [3.63, 3.8) is 0 Å². The van der Waals surface area contributed by atoms with E-state index >= 15 is 0 Å². The van der Waals surface area contributed by atoms with Crippen LogP contribution in [0.3, 0.4) is 0 Å². The lowest BCUT2D eigenvalue weighted by Crippen LogP contribution is -2.25. The van der Waals surface area contributed by atoms with E-state index < -0.39 is 0 Å². The van der Waals surface area contributed by atoms with E-state index in [0.717, 1.165) is 29.7 Å². The molecule has 0 spiro atoms. The summed E-state index contributed by atoms with van der Waals surface area (Å²) in [5, 5.41) is 9.11. The van der Waals surface area contributed by atoms with Crippen molar-refractivity contribution in [2.24, 2.45) is 0 Å². The summed E-state index contributed by atoms with van der Waals surface area (Å²) in [6.45, 7) is 1.65. The molecule has 0 aliphatic carbocycles. The molecule has 2 heterocycles. The normalized spacial score (nSPS) is 15.2. The van der Waals surface area contributed by atoms with E-state index in [1.807, 2.05) is 4.68 Å². The van der Waals surface area contributed by atoms with Crippen molar-refractivity contribution in [1.29, 1.82) is 0 Å². The average Bonchev–Trinajstić information content (AvgIpc) is 2.58. The second kappa shape index (κ2) is 3.97. The van der Waals surface area contributed by atoms with Gasteiger partial charge < -0.3 is 10.2 Å². The average molecular weight is 200 g/mol. The minimum absolute atomic E-state index is 0.685. The van der Waals surface area contributed by atoms with Crippen LogP contribution < -0.4 is 5.43 Å². The lowest BCUT2D eigenvalue weighted by molar-refractivity contribution is 0.199. The topological polar surface area (TPSA) is 52.0 Å². The van der Waals surface area contributed by atoms with Crippen molar-refractivity contribution in [2.75, 3.05) is 31.4 Å². The highest BCUT2D eigenvalue weighted by Crippen LogP contribution is 2.18. The molecule has 0 radical (unpaired) electrons. The van der Waals surface area contributed by atoms with Crippen LogP contribution in [0.15, 0.2) is 5.16 Å². The first-order valence-electron chi connectivity index (χ1n) is 4.21. The van der Waals surface area contributed by atoms with Crippen LogP contribution in [-0.4, -0.2) is 40.9 Å². The van der Waals surface area contributed by atoms with Gasteiger partial charge in [0.1, 0.15) is 0 Å². The molecule has 1 aromatic rings. The molecule has 13 heavy (non-hydrogen) atoms. The predicted molar refractivity (Wildman–Crippen MR) is 50.6 cm³/mol. The van der Waals surface area contributed by atoms with Crippen LogP contribution in [0.25, 0.3) is 0 Å². The van der Waals surface area contributed by atoms with Gasteiger partial charge in [0, 0.05) is 25.8 Å². The van der Waals surface area contributed by atoms with E-state index in [-0.39, 0.29) is 0 Å². The lowest BCUT2D eigenvalue weighted by atomic mass is 10.4. The van der Waals surface area contributed by atoms with Gasteiger partial charge in [0.25, 0.3) is 0 Å². The number of aromatic nitrogens is 3. The van der Waals surface area contributed by atoms with Crippen molar-refractivity contribution in [2.45, 2.75) is 11.6 Å². The molecule has 2 rings (SSSR count). The smallest absolute Gasteiger partial charge is 0.210 e.